The molecular weight excluding hydrogens is 234 g/mol. The molecule has 2 heterocycles. The third-order valence-corrected chi connectivity index (χ3v) is 3.84. The molecule has 0 radical (unpaired) electrons. The standard InChI is InChI=1S/C16H21N3/c1-2-4-11-18(10-3-1)13-15-5-7-16(8-6-15)19-12-9-17-14-19/h5-9,12,14H,1-4,10-11,13H2. The third kappa shape index (κ3) is 3.24. The van der Waals surface area contributed by atoms with Crippen molar-refractivity contribution < 1.29 is 0 Å². The molecule has 1 aromatic heterocycles. The Morgan fingerprint density at radius 3 is 2.32 bits per heavy atom. The van der Waals surface area contributed by atoms with Gasteiger partial charge in [0.15, 0.2) is 0 Å². The fourth-order valence-electron chi connectivity index (χ4n) is 2.74. The van der Waals surface area contributed by atoms with E-state index in [1.54, 1.807) is 0 Å². The Labute approximate surface area is 114 Å². The van der Waals surface area contributed by atoms with Crippen molar-refractivity contribution in [2.45, 2.75) is 32.2 Å². The van der Waals surface area contributed by atoms with Gasteiger partial charge in [-0.3, -0.25) is 4.90 Å². The lowest BCUT2D eigenvalue weighted by Gasteiger charge is -2.19. The lowest BCUT2D eigenvalue weighted by atomic mass is 10.2. The van der Waals surface area contributed by atoms with E-state index in [1.165, 1.54) is 50.0 Å². The summed E-state index contributed by atoms with van der Waals surface area (Å²) >= 11 is 0. The van der Waals surface area contributed by atoms with Crippen LogP contribution in [0.4, 0.5) is 0 Å². The first-order chi connectivity index (χ1) is 9.42. The van der Waals surface area contributed by atoms with Crippen LogP contribution < -0.4 is 0 Å². The minimum absolute atomic E-state index is 1.09. The van der Waals surface area contributed by atoms with E-state index in [2.05, 4.69) is 34.1 Å². The largest absolute Gasteiger partial charge is 0.306 e. The molecule has 1 aliphatic rings. The maximum Gasteiger partial charge on any atom is 0.0991 e. The number of hydrogen-bond acceptors (Lipinski definition) is 2. The summed E-state index contributed by atoms with van der Waals surface area (Å²) in [6.45, 7) is 3.59. The Bertz CT molecular complexity index is 479. The molecule has 0 amide bonds. The molecule has 3 nitrogen and oxygen atoms in total. The average molecular weight is 255 g/mol. The molecule has 0 aliphatic carbocycles. The van der Waals surface area contributed by atoms with Gasteiger partial charge in [-0.1, -0.05) is 25.0 Å². The molecule has 1 aliphatic heterocycles. The molecule has 1 saturated heterocycles. The number of imidazole rings is 1. The van der Waals surface area contributed by atoms with Crippen LogP contribution in [0.25, 0.3) is 5.69 Å². The van der Waals surface area contributed by atoms with Gasteiger partial charge in [-0.2, -0.15) is 0 Å². The molecule has 0 N–H and O–H groups in total. The van der Waals surface area contributed by atoms with Crippen molar-refractivity contribution in [3.63, 3.8) is 0 Å². The van der Waals surface area contributed by atoms with Crippen molar-refractivity contribution in [3.8, 4) is 5.69 Å². The van der Waals surface area contributed by atoms with Crippen LogP contribution in [0, 0.1) is 0 Å². The monoisotopic (exact) mass is 255 g/mol. The van der Waals surface area contributed by atoms with Gasteiger partial charge in [0.05, 0.1) is 6.33 Å². The Morgan fingerprint density at radius 1 is 0.947 bits per heavy atom. The van der Waals surface area contributed by atoms with Crippen LogP contribution in [0.1, 0.15) is 31.2 Å². The molecule has 3 rings (SSSR count). The van der Waals surface area contributed by atoms with Crippen molar-refractivity contribution in [1.82, 2.24) is 14.5 Å². The molecule has 1 aromatic carbocycles. The van der Waals surface area contributed by atoms with Gasteiger partial charge >= 0.3 is 0 Å². The van der Waals surface area contributed by atoms with E-state index in [4.69, 9.17) is 0 Å². The topological polar surface area (TPSA) is 21.1 Å². The molecule has 0 atom stereocenters. The maximum absolute atomic E-state index is 4.08. The first-order valence-corrected chi connectivity index (χ1v) is 7.21. The normalized spacial score (nSPS) is 17.3. The van der Waals surface area contributed by atoms with Gasteiger partial charge in [-0.05, 0) is 43.6 Å². The zero-order valence-electron chi connectivity index (χ0n) is 11.3. The van der Waals surface area contributed by atoms with Crippen LogP contribution in [-0.4, -0.2) is 27.5 Å². The summed E-state index contributed by atoms with van der Waals surface area (Å²) in [6.07, 6.45) is 11.1. The van der Waals surface area contributed by atoms with E-state index >= 15 is 0 Å². The molecule has 2 aromatic rings. The molecule has 1 fully saturated rings. The van der Waals surface area contributed by atoms with Gasteiger partial charge in [-0.25, -0.2) is 4.98 Å². The van der Waals surface area contributed by atoms with E-state index in [0.29, 0.717) is 0 Å². The molecule has 0 bridgehead atoms. The van der Waals surface area contributed by atoms with Crippen molar-refractivity contribution >= 4 is 0 Å². The van der Waals surface area contributed by atoms with Crippen molar-refractivity contribution in [2.24, 2.45) is 0 Å². The summed E-state index contributed by atoms with van der Waals surface area (Å²) in [5.74, 6) is 0. The van der Waals surface area contributed by atoms with Crippen molar-refractivity contribution in [3.05, 3.63) is 48.5 Å². The quantitative estimate of drug-likeness (QED) is 0.839. The maximum atomic E-state index is 4.08. The summed E-state index contributed by atoms with van der Waals surface area (Å²) in [5, 5.41) is 0. The second-order valence-electron chi connectivity index (χ2n) is 5.33. The number of nitrogens with zero attached hydrogens (tertiary/aromatic N) is 3. The smallest absolute Gasteiger partial charge is 0.0991 e. The van der Waals surface area contributed by atoms with Crippen LogP contribution in [0.15, 0.2) is 43.0 Å². The minimum Gasteiger partial charge on any atom is -0.306 e. The fraction of sp³-hybridized carbons (Fsp3) is 0.438. The second-order valence-corrected chi connectivity index (χ2v) is 5.33. The van der Waals surface area contributed by atoms with Crippen LogP contribution in [-0.2, 0) is 6.54 Å². The van der Waals surface area contributed by atoms with E-state index in [0.717, 1.165) is 6.54 Å². The Hall–Kier alpha value is -1.61. The zero-order chi connectivity index (χ0) is 12.9. The molecule has 19 heavy (non-hydrogen) atoms. The zero-order valence-corrected chi connectivity index (χ0v) is 11.3. The lowest BCUT2D eigenvalue weighted by Crippen LogP contribution is -2.23. The highest BCUT2D eigenvalue weighted by atomic mass is 15.1. The number of rotatable bonds is 3. The Kier molecular flexibility index (Phi) is 3.94. The van der Waals surface area contributed by atoms with Crippen molar-refractivity contribution in [1.29, 1.82) is 0 Å². The third-order valence-electron chi connectivity index (χ3n) is 3.84. The SMILES string of the molecule is c1cn(-c2ccc(CN3CCCCCC3)cc2)cn1. The molecule has 0 saturated carbocycles. The summed E-state index contributed by atoms with van der Waals surface area (Å²) < 4.78 is 2.04. The number of benzene rings is 1. The summed E-state index contributed by atoms with van der Waals surface area (Å²) in [4.78, 5) is 6.66. The summed E-state index contributed by atoms with van der Waals surface area (Å²) in [7, 11) is 0. The van der Waals surface area contributed by atoms with E-state index in [-0.39, 0.29) is 0 Å². The van der Waals surface area contributed by atoms with Gasteiger partial charge in [0, 0.05) is 24.6 Å². The molecular formula is C16H21N3. The summed E-state index contributed by atoms with van der Waals surface area (Å²) in [5.41, 5.74) is 2.59. The van der Waals surface area contributed by atoms with Crippen LogP contribution in [0.3, 0.4) is 0 Å². The molecule has 3 heteroatoms. The van der Waals surface area contributed by atoms with Crippen molar-refractivity contribution in [2.75, 3.05) is 13.1 Å². The summed E-state index contributed by atoms with van der Waals surface area (Å²) in [6, 6.07) is 8.82. The van der Waals surface area contributed by atoms with Gasteiger partial charge in [0.25, 0.3) is 0 Å². The first kappa shape index (κ1) is 12.4. The highest BCUT2D eigenvalue weighted by Crippen LogP contribution is 2.15. The van der Waals surface area contributed by atoms with Crippen LogP contribution in [0.5, 0.6) is 0 Å². The fourth-order valence-corrected chi connectivity index (χ4v) is 2.74. The molecule has 100 valence electrons. The van der Waals surface area contributed by atoms with Gasteiger partial charge in [0.2, 0.25) is 0 Å². The second kappa shape index (κ2) is 6.02. The van der Waals surface area contributed by atoms with E-state index in [9.17, 15) is 0 Å². The molecule has 0 spiro atoms. The average Bonchev–Trinajstić information content (AvgIpc) is 2.86. The van der Waals surface area contributed by atoms with E-state index < -0.39 is 0 Å². The van der Waals surface area contributed by atoms with Gasteiger partial charge < -0.3 is 4.57 Å². The first-order valence-electron chi connectivity index (χ1n) is 7.21. The van der Waals surface area contributed by atoms with Crippen LogP contribution in [0.2, 0.25) is 0 Å². The van der Waals surface area contributed by atoms with Crippen LogP contribution >= 0.6 is 0 Å². The predicted molar refractivity (Wildman–Crippen MR) is 77.3 cm³/mol. The van der Waals surface area contributed by atoms with Gasteiger partial charge in [0.1, 0.15) is 0 Å². The van der Waals surface area contributed by atoms with E-state index in [1.807, 2.05) is 23.3 Å². The molecule has 0 unspecified atom stereocenters. The number of aromatic nitrogens is 2. The Morgan fingerprint density at radius 2 is 1.68 bits per heavy atom. The Balaban J connectivity index is 1.65. The highest BCUT2D eigenvalue weighted by molar-refractivity contribution is 5.34. The number of likely N-dealkylation sites (tertiary alicyclic amines) is 1. The number of hydrogen-bond donors (Lipinski definition) is 0. The highest BCUT2D eigenvalue weighted by Gasteiger charge is 2.09. The van der Waals surface area contributed by atoms with Gasteiger partial charge in [-0.15, -0.1) is 0 Å². The predicted octanol–water partition coefficient (Wildman–Crippen LogP) is 3.25. The minimum atomic E-state index is 1.09. The lowest BCUT2D eigenvalue weighted by molar-refractivity contribution is 0.277.